The van der Waals surface area contributed by atoms with Crippen LogP contribution in [0.3, 0.4) is 0 Å². The van der Waals surface area contributed by atoms with Crippen LogP contribution >= 0.6 is 40.1 Å². The molecule has 4 nitrogen and oxygen atoms in total. The third-order valence-electron chi connectivity index (χ3n) is 5.08. The predicted molar refractivity (Wildman–Crippen MR) is 119 cm³/mol. The van der Waals surface area contributed by atoms with Gasteiger partial charge in [0.05, 0.1) is 11.1 Å². The Labute approximate surface area is 184 Å². The summed E-state index contributed by atoms with van der Waals surface area (Å²) >= 11 is 5.51. The molecule has 0 fully saturated rings. The third-order valence-corrected chi connectivity index (χ3v) is 7.25. The number of hydrogen-bond donors (Lipinski definition) is 1. The summed E-state index contributed by atoms with van der Waals surface area (Å²) in [4.78, 5) is 27.6. The van der Waals surface area contributed by atoms with Crippen LogP contribution in [0.2, 0.25) is 0 Å². The highest BCUT2D eigenvalue weighted by atomic mass is 79.9. The van der Waals surface area contributed by atoms with E-state index in [9.17, 15) is 9.59 Å². The number of nitrogens with one attached hydrogen (secondary N) is 1. The van der Waals surface area contributed by atoms with Gasteiger partial charge in [0.25, 0.3) is 11.8 Å². The van der Waals surface area contributed by atoms with Crippen molar-refractivity contribution < 1.29 is 9.59 Å². The van der Waals surface area contributed by atoms with Gasteiger partial charge in [0.15, 0.2) is 0 Å². The van der Waals surface area contributed by atoms with Gasteiger partial charge in [-0.3, -0.25) is 14.5 Å². The standard InChI is InChI=1S/C21H21BrN2O2S.ClH/c22-18-7-6-14-8-10-23-11-9-15(14)19(18)27-13-3-12-24-20(25)16-4-1-2-5-17(16)21(24)26;/h1-2,4-7,23H,3,8-13H2;1H. The summed E-state index contributed by atoms with van der Waals surface area (Å²) in [6, 6.07) is 11.4. The van der Waals surface area contributed by atoms with Gasteiger partial charge in [-0.1, -0.05) is 18.2 Å². The normalized spacial score (nSPS) is 15.7. The molecule has 2 heterocycles. The van der Waals surface area contributed by atoms with Gasteiger partial charge in [0.2, 0.25) is 0 Å². The van der Waals surface area contributed by atoms with Crippen LogP contribution in [0.15, 0.2) is 45.8 Å². The molecule has 4 rings (SSSR count). The van der Waals surface area contributed by atoms with Gasteiger partial charge >= 0.3 is 0 Å². The second kappa shape index (κ2) is 9.44. The molecule has 148 valence electrons. The first-order valence-electron chi connectivity index (χ1n) is 9.26. The molecule has 0 aromatic heterocycles. The van der Waals surface area contributed by atoms with E-state index in [1.54, 1.807) is 24.3 Å². The number of imide groups is 1. The van der Waals surface area contributed by atoms with Crippen molar-refractivity contribution >= 4 is 51.9 Å². The summed E-state index contributed by atoms with van der Waals surface area (Å²) in [5.74, 6) is 0.540. The summed E-state index contributed by atoms with van der Waals surface area (Å²) in [5.41, 5.74) is 3.91. The minimum atomic E-state index is -0.165. The van der Waals surface area contributed by atoms with Crippen LogP contribution in [0.1, 0.15) is 38.3 Å². The van der Waals surface area contributed by atoms with Gasteiger partial charge in [0, 0.05) is 15.9 Å². The van der Waals surface area contributed by atoms with Crippen molar-refractivity contribution in [3.63, 3.8) is 0 Å². The SMILES string of the molecule is Cl.O=C1c2ccccc2C(=O)N1CCCSc1c(Br)ccc2c1CCNCC2. The Kier molecular flexibility index (Phi) is 7.20. The molecule has 0 bridgehead atoms. The summed E-state index contributed by atoms with van der Waals surface area (Å²) in [6.07, 6.45) is 2.88. The van der Waals surface area contributed by atoms with Crippen LogP contribution < -0.4 is 5.32 Å². The van der Waals surface area contributed by atoms with Crippen LogP contribution in [-0.2, 0) is 12.8 Å². The fourth-order valence-corrected chi connectivity index (χ4v) is 5.51. The quantitative estimate of drug-likeness (QED) is 0.392. The first-order valence-corrected chi connectivity index (χ1v) is 11.0. The van der Waals surface area contributed by atoms with Gasteiger partial charge in [0.1, 0.15) is 0 Å². The Morgan fingerprint density at radius 1 is 1.00 bits per heavy atom. The number of thioether (sulfide) groups is 1. The molecular formula is C21H22BrClN2O2S. The predicted octanol–water partition coefficient (Wildman–Crippen LogP) is 4.34. The van der Waals surface area contributed by atoms with Crippen LogP contribution in [-0.4, -0.2) is 42.1 Å². The molecule has 0 saturated carbocycles. The first-order chi connectivity index (χ1) is 13.2. The first kappa shape index (κ1) is 21.4. The maximum Gasteiger partial charge on any atom is 0.261 e. The highest BCUT2D eigenvalue weighted by molar-refractivity contribution is 9.10. The van der Waals surface area contributed by atoms with E-state index in [1.165, 1.54) is 20.9 Å². The summed E-state index contributed by atoms with van der Waals surface area (Å²) in [7, 11) is 0. The summed E-state index contributed by atoms with van der Waals surface area (Å²) in [5, 5.41) is 3.46. The number of amides is 2. The average molecular weight is 482 g/mol. The van der Waals surface area contributed by atoms with Gasteiger partial charge < -0.3 is 5.32 Å². The molecule has 2 aromatic carbocycles. The lowest BCUT2D eigenvalue weighted by atomic mass is 10.0. The van der Waals surface area contributed by atoms with Crippen molar-refractivity contribution in [2.24, 2.45) is 0 Å². The van der Waals surface area contributed by atoms with Gasteiger partial charge in [-0.15, -0.1) is 24.2 Å². The minimum absolute atomic E-state index is 0. The summed E-state index contributed by atoms with van der Waals surface area (Å²) < 4.78 is 1.13. The fraction of sp³-hybridized carbons (Fsp3) is 0.333. The van der Waals surface area contributed by atoms with E-state index in [0.717, 1.165) is 42.6 Å². The van der Waals surface area contributed by atoms with Crippen molar-refractivity contribution in [2.75, 3.05) is 25.4 Å². The fourth-order valence-electron chi connectivity index (χ4n) is 3.70. The molecule has 0 saturated heterocycles. The van der Waals surface area contributed by atoms with E-state index in [4.69, 9.17) is 0 Å². The Bertz CT molecular complexity index is 871. The molecule has 0 radical (unpaired) electrons. The minimum Gasteiger partial charge on any atom is -0.316 e. The molecule has 0 atom stereocenters. The number of carbonyl (C=O) groups is 2. The largest absolute Gasteiger partial charge is 0.316 e. The van der Waals surface area contributed by atoms with Crippen molar-refractivity contribution in [1.82, 2.24) is 10.2 Å². The maximum absolute atomic E-state index is 12.4. The zero-order chi connectivity index (χ0) is 18.8. The number of carbonyl (C=O) groups excluding carboxylic acids is 2. The molecule has 2 aliphatic heterocycles. The summed E-state index contributed by atoms with van der Waals surface area (Å²) in [6.45, 7) is 2.50. The van der Waals surface area contributed by atoms with E-state index in [1.807, 2.05) is 11.8 Å². The third kappa shape index (κ3) is 4.15. The van der Waals surface area contributed by atoms with Crippen LogP contribution in [0.4, 0.5) is 0 Å². The molecule has 0 aliphatic carbocycles. The van der Waals surface area contributed by atoms with Crippen molar-refractivity contribution in [3.05, 3.63) is 63.1 Å². The zero-order valence-electron chi connectivity index (χ0n) is 15.4. The number of rotatable bonds is 5. The highest BCUT2D eigenvalue weighted by Crippen LogP contribution is 2.35. The molecule has 2 aromatic rings. The van der Waals surface area contributed by atoms with Gasteiger partial charge in [-0.05, 0) is 83.4 Å². The van der Waals surface area contributed by atoms with E-state index in [0.29, 0.717) is 17.7 Å². The van der Waals surface area contributed by atoms with Gasteiger partial charge in [-0.25, -0.2) is 0 Å². The van der Waals surface area contributed by atoms with Crippen LogP contribution in [0.25, 0.3) is 0 Å². The molecular weight excluding hydrogens is 460 g/mol. The topological polar surface area (TPSA) is 49.4 Å². The highest BCUT2D eigenvalue weighted by Gasteiger charge is 2.34. The lowest BCUT2D eigenvalue weighted by Crippen LogP contribution is -2.31. The average Bonchev–Trinajstić information content (AvgIpc) is 2.84. The number of halogens is 2. The molecule has 1 N–H and O–H groups in total. The van der Waals surface area contributed by atoms with Gasteiger partial charge in [-0.2, -0.15) is 0 Å². The van der Waals surface area contributed by atoms with Crippen molar-refractivity contribution in [1.29, 1.82) is 0 Å². The van der Waals surface area contributed by atoms with Crippen LogP contribution in [0, 0.1) is 0 Å². The number of benzene rings is 2. The Morgan fingerprint density at radius 3 is 2.39 bits per heavy atom. The molecule has 2 amide bonds. The Morgan fingerprint density at radius 2 is 1.68 bits per heavy atom. The second-order valence-electron chi connectivity index (χ2n) is 6.77. The zero-order valence-corrected chi connectivity index (χ0v) is 18.6. The number of fused-ring (bicyclic) bond motifs is 2. The molecule has 0 unspecified atom stereocenters. The molecule has 2 aliphatic rings. The number of nitrogens with zero attached hydrogens (tertiary/aromatic N) is 1. The Balaban J connectivity index is 0.00000225. The van der Waals surface area contributed by atoms with E-state index in [-0.39, 0.29) is 24.2 Å². The number of hydrogen-bond acceptors (Lipinski definition) is 4. The molecule has 0 spiro atoms. The smallest absolute Gasteiger partial charge is 0.261 e. The van der Waals surface area contributed by atoms with E-state index < -0.39 is 0 Å². The van der Waals surface area contributed by atoms with Crippen LogP contribution in [0.5, 0.6) is 0 Å². The van der Waals surface area contributed by atoms with E-state index in [2.05, 4.69) is 33.4 Å². The second-order valence-corrected chi connectivity index (χ2v) is 8.73. The van der Waals surface area contributed by atoms with Crippen molar-refractivity contribution in [2.45, 2.75) is 24.2 Å². The lowest BCUT2D eigenvalue weighted by Gasteiger charge is -2.16. The van der Waals surface area contributed by atoms with Crippen molar-refractivity contribution in [3.8, 4) is 0 Å². The lowest BCUT2D eigenvalue weighted by molar-refractivity contribution is 0.0655. The Hall–Kier alpha value is -1.34. The van der Waals surface area contributed by atoms with E-state index >= 15 is 0 Å². The monoisotopic (exact) mass is 480 g/mol. The molecule has 7 heteroatoms. The maximum atomic E-state index is 12.4. The molecule has 28 heavy (non-hydrogen) atoms.